The van der Waals surface area contributed by atoms with Gasteiger partial charge in [0.25, 0.3) is 0 Å². The minimum Gasteiger partial charge on any atom is -0.350 e. The first-order valence-electron chi connectivity index (χ1n) is 7.21. The zero-order chi connectivity index (χ0) is 15.2. The van der Waals surface area contributed by atoms with Crippen molar-refractivity contribution in [2.75, 3.05) is 13.1 Å². The zero-order valence-electron chi connectivity index (χ0n) is 12.0. The van der Waals surface area contributed by atoms with Crippen LogP contribution >= 0.6 is 0 Å². The van der Waals surface area contributed by atoms with Crippen molar-refractivity contribution in [2.45, 2.75) is 32.0 Å². The Labute approximate surface area is 124 Å². The van der Waals surface area contributed by atoms with Crippen molar-refractivity contribution in [3.05, 3.63) is 35.4 Å². The molecule has 1 heterocycles. The maximum absolute atomic E-state index is 12.2. The first kappa shape index (κ1) is 15.5. The first-order chi connectivity index (χ1) is 10.2. The molecule has 2 amide bonds. The average molecular weight is 290 g/mol. The molecule has 1 aliphatic heterocycles. The summed E-state index contributed by atoms with van der Waals surface area (Å²) in [5, 5.41) is 2.88. The number of likely N-dealkylation sites (tertiary alicyclic amines) is 1. The lowest BCUT2D eigenvalue weighted by Gasteiger charge is -2.23. The summed E-state index contributed by atoms with van der Waals surface area (Å²) in [5.41, 5.74) is 13.0. The van der Waals surface area contributed by atoms with Crippen LogP contribution in [0, 0.1) is 0 Å². The van der Waals surface area contributed by atoms with E-state index in [4.69, 9.17) is 11.5 Å². The van der Waals surface area contributed by atoms with E-state index in [0.717, 1.165) is 17.5 Å². The van der Waals surface area contributed by atoms with Crippen molar-refractivity contribution in [3.63, 3.8) is 0 Å². The SMILES string of the molecule is NCC(=O)N1CCCC1C(=O)NCc1ccc(CN)cc1. The molecule has 5 N–H and O–H groups in total. The van der Waals surface area contributed by atoms with Gasteiger partial charge in [0.2, 0.25) is 11.8 Å². The topological polar surface area (TPSA) is 101 Å². The van der Waals surface area contributed by atoms with Crippen molar-refractivity contribution in [1.29, 1.82) is 0 Å². The van der Waals surface area contributed by atoms with Crippen LogP contribution in [0.15, 0.2) is 24.3 Å². The molecule has 1 atom stereocenters. The lowest BCUT2D eigenvalue weighted by molar-refractivity contribution is -0.137. The minimum atomic E-state index is -0.385. The summed E-state index contributed by atoms with van der Waals surface area (Å²) < 4.78 is 0. The van der Waals surface area contributed by atoms with Crippen LogP contribution in [0.4, 0.5) is 0 Å². The number of benzene rings is 1. The molecule has 6 heteroatoms. The van der Waals surface area contributed by atoms with Gasteiger partial charge in [0.1, 0.15) is 6.04 Å². The summed E-state index contributed by atoms with van der Waals surface area (Å²) in [6.07, 6.45) is 1.54. The average Bonchev–Trinajstić information content (AvgIpc) is 3.02. The summed E-state index contributed by atoms with van der Waals surface area (Å²) in [6.45, 7) is 1.51. The molecule has 0 spiro atoms. The van der Waals surface area contributed by atoms with E-state index < -0.39 is 0 Å². The number of amides is 2. The van der Waals surface area contributed by atoms with Gasteiger partial charge in [-0.15, -0.1) is 0 Å². The quantitative estimate of drug-likeness (QED) is 0.693. The van der Waals surface area contributed by atoms with Gasteiger partial charge in [0.15, 0.2) is 0 Å². The number of nitrogens with two attached hydrogens (primary N) is 2. The first-order valence-corrected chi connectivity index (χ1v) is 7.21. The minimum absolute atomic E-state index is 0.0513. The predicted octanol–water partition coefficient (Wildman–Crippen LogP) is -0.289. The van der Waals surface area contributed by atoms with E-state index in [9.17, 15) is 9.59 Å². The molecule has 0 bridgehead atoms. The molecule has 21 heavy (non-hydrogen) atoms. The Bertz CT molecular complexity index is 501. The van der Waals surface area contributed by atoms with E-state index in [0.29, 0.717) is 26.1 Å². The van der Waals surface area contributed by atoms with Gasteiger partial charge >= 0.3 is 0 Å². The Hall–Kier alpha value is -1.92. The van der Waals surface area contributed by atoms with Crippen LogP contribution in [0.1, 0.15) is 24.0 Å². The summed E-state index contributed by atoms with van der Waals surface area (Å²) in [5.74, 6) is -0.280. The van der Waals surface area contributed by atoms with Gasteiger partial charge in [0.05, 0.1) is 6.54 Å². The van der Waals surface area contributed by atoms with Gasteiger partial charge < -0.3 is 21.7 Å². The van der Waals surface area contributed by atoms with Gasteiger partial charge in [0, 0.05) is 19.6 Å². The maximum atomic E-state index is 12.2. The molecule has 0 aromatic heterocycles. The molecule has 1 aromatic rings. The molecule has 114 valence electrons. The monoisotopic (exact) mass is 290 g/mol. The number of nitrogens with zero attached hydrogens (tertiary/aromatic N) is 1. The molecular weight excluding hydrogens is 268 g/mol. The van der Waals surface area contributed by atoms with E-state index in [-0.39, 0.29) is 24.4 Å². The highest BCUT2D eigenvalue weighted by molar-refractivity contribution is 5.88. The highest BCUT2D eigenvalue weighted by atomic mass is 16.2. The van der Waals surface area contributed by atoms with Crippen molar-refractivity contribution in [2.24, 2.45) is 11.5 Å². The fourth-order valence-corrected chi connectivity index (χ4v) is 2.56. The zero-order valence-corrected chi connectivity index (χ0v) is 12.0. The van der Waals surface area contributed by atoms with Gasteiger partial charge in [-0.2, -0.15) is 0 Å². The predicted molar refractivity (Wildman–Crippen MR) is 80.0 cm³/mol. The highest BCUT2D eigenvalue weighted by Gasteiger charge is 2.33. The Morgan fingerprint density at radius 1 is 1.19 bits per heavy atom. The van der Waals surface area contributed by atoms with Crippen molar-refractivity contribution < 1.29 is 9.59 Å². The van der Waals surface area contributed by atoms with E-state index in [2.05, 4.69) is 5.32 Å². The molecule has 1 saturated heterocycles. The highest BCUT2D eigenvalue weighted by Crippen LogP contribution is 2.17. The fourth-order valence-electron chi connectivity index (χ4n) is 2.56. The molecule has 1 aliphatic rings. The van der Waals surface area contributed by atoms with Gasteiger partial charge in [-0.1, -0.05) is 24.3 Å². The summed E-state index contributed by atoms with van der Waals surface area (Å²) in [6, 6.07) is 7.40. The Kier molecular flexibility index (Phi) is 5.30. The smallest absolute Gasteiger partial charge is 0.243 e. The molecule has 1 fully saturated rings. The number of nitrogens with one attached hydrogen (secondary N) is 1. The lowest BCUT2D eigenvalue weighted by atomic mass is 10.1. The van der Waals surface area contributed by atoms with Crippen LogP contribution in [0.5, 0.6) is 0 Å². The third kappa shape index (κ3) is 3.80. The van der Waals surface area contributed by atoms with Crippen molar-refractivity contribution in [3.8, 4) is 0 Å². The molecule has 2 rings (SSSR count). The normalized spacial score (nSPS) is 17.8. The fraction of sp³-hybridized carbons (Fsp3) is 0.467. The van der Waals surface area contributed by atoms with E-state index in [1.165, 1.54) is 0 Å². The third-order valence-corrected chi connectivity index (χ3v) is 3.78. The van der Waals surface area contributed by atoms with Gasteiger partial charge in [-0.25, -0.2) is 0 Å². The Morgan fingerprint density at radius 3 is 2.48 bits per heavy atom. The van der Waals surface area contributed by atoms with Crippen LogP contribution in [0.3, 0.4) is 0 Å². The molecule has 6 nitrogen and oxygen atoms in total. The van der Waals surface area contributed by atoms with E-state index in [1.807, 2.05) is 24.3 Å². The number of rotatable bonds is 5. The van der Waals surface area contributed by atoms with Crippen molar-refractivity contribution in [1.82, 2.24) is 10.2 Å². The largest absolute Gasteiger partial charge is 0.350 e. The van der Waals surface area contributed by atoms with Crippen LogP contribution in [0.2, 0.25) is 0 Å². The molecule has 0 saturated carbocycles. The molecule has 1 aromatic carbocycles. The number of hydrogen-bond acceptors (Lipinski definition) is 4. The molecule has 0 aliphatic carbocycles. The number of carbonyl (C=O) groups excluding carboxylic acids is 2. The van der Waals surface area contributed by atoms with Crippen LogP contribution < -0.4 is 16.8 Å². The summed E-state index contributed by atoms with van der Waals surface area (Å²) in [7, 11) is 0. The molecule has 0 radical (unpaired) electrons. The van der Waals surface area contributed by atoms with E-state index >= 15 is 0 Å². The standard InChI is InChI=1S/C15H22N4O2/c16-8-11-3-5-12(6-4-11)10-18-15(21)13-2-1-7-19(13)14(20)9-17/h3-6,13H,1-2,7-10,16-17H2,(H,18,21). The van der Waals surface area contributed by atoms with Crippen LogP contribution in [-0.2, 0) is 22.7 Å². The molecule has 1 unspecified atom stereocenters. The number of carbonyl (C=O) groups is 2. The maximum Gasteiger partial charge on any atom is 0.243 e. The Balaban J connectivity index is 1.90. The second-order valence-corrected chi connectivity index (χ2v) is 5.19. The van der Waals surface area contributed by atoms with Crippen molar-refractivity contribution >= 4 is 11.8 Å². The molecular formula is C15H22N4O2. The Morgan fingerprint density at radius 2 is 1.86 bits per heavy atom. The number of hydrogen-bond donors (Lipinski definition) is 3. The van der Waals surface area contributed by atoms with Gasteiger partial charge in [-0.05, 0) is 24.0 Å². The lowest BCUT2D eigenvalue weighted by Crippen LogP contribution is -2.47. The second-order valence-electron chi connectivity index (χ2n) is 5.19. The summed E-state index contributed by atoms with van der Waals surface area (Å²) in [4.78, 5) is 25.5. The van der Waals surface area contributed by atoms with E-state index in [1.54, 1.807) is 4.90 Å². The third-order valence-electron chi connectivity index (χ3n) is 3.78. The van der Waals surface area contributed by atoms with Crippen LogP contribution in [0.25, 0.3) is 0 Å². The van der Waals surface area contributed by atoms with Crippen LogP contribution in [-0.4, -0.2) is 35.8 Å². The van der Waals surface area contributed by atoms with Gasteiger partial charge in [-0.3, -0.25) is 9.59 Å². The summed E-state index contributed by atoms with van der Waals surface area (Å²) >= 11 is 0. The second kappa shape index (κ2) is 7.19.